The third-order valence-corrected chi connectivity index (χ3v) is 2.40. The first-order valence-electron chi connectivity index (χ1n) is 4.82. The molecule has 0 aliphatic carbocycles. The van der Waals surface area contributed by atoms with Crippen LogP contribution in [0.1, 0.15) is 10.4 Å². The SMILES string of the molecule is CN1CCOc2ccc(N=C=O)cc2C1=O. The number of carbonyl (C=O) groups is 1. The van der Waals surface area contributed by atoms with Gasteiger partial charge in [0.05, 0.1) is 17.8 Å². The Hall–Kier alpha value is -2.13. The molecule has 1 heterocycles. The number of benzene rings is 1. The first kappa shape index (κ1) is 10.4. The van der Waals surface area contributed by atoms with Crippen molar-refractivity contribution < 1.29 is 14.3 Å². The number of hydrogen-bond acceptors (Lipinski definition) is 4. The number of ether oxygens (including phenoxy) is 1. The number of carbonyl (C=O) groups excluding carboxylic acids is 2. The van der Waals surface area contributed by atoms with Crippen LogP contribution in [0.4, 0.5) is 5.69 Å². The summed E-state index contributed by atoms with van der Waals surface area (Å²) in [6.45, 7) is 1.01. The maximum absolute atomic E-state index is 11.9. The van der Waals surface area contributed by atoms with Crippen LogP contribution in [0, 0.1) is 0 Å². The lowest BCUT2D eigenvalue weighted by Gasteiger charge is -2.12. The van der Waals surface area contributed by atoms with E-state index in [1.165, 1.54) is 12.1 Å². The van der Waals surface area contributed by atoms with E-state index < -0.39 is 0 Å². The monoisotopic (exact) mass is 218 g/mol. The Balaban J connectivity index is 2.50. The van der Waals surface area contributed by atoms with Crippen LogP contribution in [0.25, 0.3) is 0 Å². The lowest BCUT2D eigenvalue weighted by Crippen LogP contribution is -2.27. The molecule has 5 nitrogen and oxygen atoms in total. The maximum Gasteiger partial charge on any atom is 0.257 e. The minimum Gasteiger partial charge on any atom is -0.491 e. The van der Waals surface area contributed by atoms with Crippen molar-refractivity contribution >= 4 is 17.7 Å². The summed E-state index contributed by atoms with van der Waals surface area (Å²) in [5, 5.41) is 0. The van der Waals surface area contributed by atoms with E-state index in [0.29, 0.717) is 30.2 Å². The van der Waals surface area contributed by atoms with E-state index in [-0.39, 0.29) is 5.91 Å². The zero-order valence-corrected chi connectivity index (χ0v) is 8.77. The molecule has 0 N–H and O–H groups in total. The number of fused-ring (bicyclic) bond motifs is 1. The molecule has 0 spiro atoms. The van der Waals surface area contributed by atoms with E-state index in [2.05, 4.69) is 4.99 Å². The van der Waals surface area contributed by atoms with Crippen LogP contribution >= 0.6 is 0 Å². The van der Waals surface area contributed by atoms with E-state index in [1.807, 2.05) is 0 Å². The fourth-order valence-corrected chi connectivity index (χ4v) is 1.53. The maximum atomic E-state index is 11.9. The van der Waals surface area contributed by atoms with Crippen molar-refractivity contribution in [3.05, 3.63) is 23.8 Å². The minimum atomic E-state index is -0.129. The second-order valence-electron chi connectivity index (χ2n) is 3.46. The molecule has 82 valence electrons. The smallest absolute Gasteiger partial charge is 0.257 e. The average molecular weight is 218 g/mol. The number of rotatable bonds is 1. The molecule has 1 aliphatic heterocycles. The van der Waals surface area contributed by atoms with Gasteiger partial charge in [-0.25, -0.2) is 4.79 Å². The Kier molecular flexibility index (Phi) is 2.70. The van der Waals surface area contributed by atoms with Gasteiger partial charge in [0.15, 0.2) is 0 Å². The van der Waals surface area contributed by atoms with Crippen molar-refractivity contribution in [1.82, 2.24) is 4.90 Å². The predicted octanol–water partition coefficient (Wildman–Crippen LogP) is 1.12. The fourth-order valence-electron chi connectivity index (χ4n) is 1.53. The van der Waals surface area contributed by atoms with Gasteiger partial charge in [-0.2, -0.15) is 4.99 Å². The Morgan fingerprint density at radius 1 is 1.50 bits per heavy atom. The Bertz CT molecular complexity index is 478. The van der Waals surface area contributed by atoms with E-state index in [0.717, 1.165) is 0 Å². The molecule has 5 heteroatoms. The van der Waals surface area contributed by atoms with Gasteiger partial charge >= 0.3 is 0 Å². The second-order valence-corrected chi connectivity index (χ2v) is 3.46. The van der Waals surface area contributed by atoms with Crippen molar-refractivity contribution in [2.24, 2.45) is 4.99 Å². The Labute approximate surface area is 92.3 Å². The van der Waals surface area contributed by atoms with Gasteiger partial charge in [-0.15, -0.1) is 0 Å². The highest BCUT2D eigenvalue weighted by Gasteiger charge is 2.20. The summed E-state index contributed by atoms with van der Waals surface area (Å²) in [6, 6.07) is 4.79. The van der Waals surface area contributed by atoms with E-state index >= 15 is 0 Å². The summed E-state index contributed by atoms with van der Waals surface area (Å²) < 4.78 is 5.42. The number of aliphatic imine (C=N–C) groups is 1. The van der Waals surface area contributed by atoms with Crippen LogP contribution in [0.2, 0.25) is 0 Å². The lowest BCUT2D eigenvalue weighted by molar-refractivity contribution is 0.0797. The molecule has 0 saturated heterocycles. The van der Waals surface area contributed by atoms with E-state index in [1.54, 1.807) is 24.1 Å². The molecular formula is C11H10N2O3. The normalized spacial score (nSPS) is 14.6. The topological polar surface area (TPSA) is 59.0 Å². The lowest BCUT2D eigenvalue weighted by atomic mass is 10.1. The fraction of sp³-hybridized carbons (Fsp3) is 0.273. The van der Waals surface area contributed by atoms with Gasteiger partial charge in [-0.3, -0.25) is 4.79 Å². The number of nitrogens with zero attached hydrogens (tertiary/aromatic N) is 2. The molecule has 0 saturated carbocycles. The molecule has 1 aromatic carbocycles. The van der Waals surface area contributed by atoms with Gasteiger partial charge in [0.2, 0.25) is 6.08 Å². The Morgan fingerprint density at radius 2 is 2.31 bits per heavy atom. The van der Waals surface area contributed by atoms with Gasteiger partial charge in [0.1, 0.15) is 12.4 Å². The van der Waals surface area contributed by atoms with Crippen molar-refractivity contribution in [1.29, 1.82) is 0 Å². The second kappa shape index (κ2) is 4.16. The summed E-state index contributed by atoms with van der Waals surface area (Å²) in [5.74, 6) is 0.398. The van der Waals surface area contributed by atoms with E-state index in [4.69, 9.17) is 4.74 Å². The average Bonchev–Trinajstić information content (AvgIpc) is 2.42. The Morgan fingerprint density at radius 3 is 3.06 bits per heavy atom. The molecule has 0 radical (unpaired) electrons. The van der Waals surface area contributed by atoms with Crippen molar-refractivity contribution in [3.63, 3.8) is 0 Å². The van der Waals surface area contributed by atoms with Crippen LogP contribution in [0.5, 0.6) is 5.75 Å². The van der Waals surface area contributed by atoms with Crippen molar-refractivity contribution in [2.75, 3.05) is 20.2 Å². The summed E-state index contributed by atoms with van der Waals surface area (Å²) in [7, 11) is 1.70. The number of hydrogen-bond donors (Lipinski definition) is 0. The van der Waals surface area contributed by atoms with Crippen molar-refractivity contribution in [2.45, 2.75) is 0 Å². The summed E-state index contributed by atoms with van der Waals surface area (Å²) >= 11 is 0. The molecule has 0 bridgehead atoms. The first-order chi connectivity index (χ1) is 7.72. The van der Waals surface area contributed by atoms with Gasteiger partial charge in [0, 0.05) is 7.05 Å². The van der Waals surface area contributed by atoms with Crippen LogP contribution in [0.15, 0.2) is 23.2 Å². The predicted molar refractivity (Wildman–Crippen MR) is 56.7 cm³/mol. The van der Waals surface area contributed by atoms with Crippen LogP contribution in [-0.2, 0) is 4.79 Å². The van der Waals surface area contributed by atoms with Gasteiger partial charge in [-0.05, 0) is 18.2 Å². The minimum absolute atomic E-state index is 0.129. The summed E-state index contributed by atoms with van der Waals surface area (Å²) in [4.78, 5) is 27.1. The first-order valence-corrected chi connectivity index (χ1v) is 4.82. The van der Waals surface area contributed by atoms with Crippen LogP contribution in [0.3, 0.4) is 0 Å². The highest BCUT2D eigenvalue weighted by Crippen LogP contribution is 2.26. The summed E-state index contributed by atoms with van der Waals surface area (Å²) in [6.07, 6.45) is 1.44. The molecule has 16 heavy (non-hydrogen) atoms. The highest BCUT2D eigenvalue weighted by molar-refractivity contribution is 5.98. The third kappa shape index (κ3) is 1.81. The molecule has 2 rings (SSSR count). The summed E-state index contributed by atoms with van der Waals surface area (Å²) in [5.41, 5.74) is 0.831. The molecule has 1 aromatic rings. The van der Waals surface area contributed by atoms with Crippen molar-refractivity contribution in [3.8, 4) is 5.75 Å². The molecular weight excluding hydrogens is 208 g/mol. The van der Waals surface area contributed by atoms with Gasteiger partial charge < -0.3 is 9.64 Å². The largest absolute Gasteiger partial charge is 0.491 e. The number of isocyanates is 1. The quantitative estimate of drug-likeness (QED) is 0.524. The zero-order chi connectivity index (χ0) is 11.5. The molecule has 0 fully saturated rings. The highest BCUT2D eigenvalue weighted by atomic mass is 16.5. The van der Waals surface area contributed by atoms with Crippen LogP contribution in [-0.4, -0.2) is 37.1 Å². The molecule has 0 atom stereocenters. The van der Waals surface area contributed by atoms with Gasteiger partial charge in [0.25, 0.3) is 5.91 Å². The van der Waals surface area contributed by atoms with E-state index in [9.17, 15) is 9.59 Å². The number of likely N-dealkylation sites (N-methyl/N-ethyl adjacent to an activating group) is 1. The zero-order valence-electron chi connectivity index (χ0n) is 8.77. The third-order valence-electron chi connectivity index (χ3n) is 2.40. The molecule has 1 aliphatic rings. The van der Waals surface area contributed by atoms with Crippen LogP contribution < -0.4 is 4.74 Å². The van der Waals surface area contributed by atoms with Gasteiger partial charge in [-0.1, -0.05) is 0 Å². The molecule has 1 amide bonds. The number of amides is 1. The standard InChI is InChI=1S/C11H10N2O3/c1-13-4-5-16-10-3-2-8(12-7-14)6-9(10)11(13)15/h2-3,6H,4-5H2,1H3. The molecule has 0 aromatic heterocycles. The molecule has 0 unspecified atom stereocenters.